The highest BCUT2D eigenvalue weighted by atomic mass is 35.5. The Kier molecular flexibility index (Phi) is 5.50. The normalized spacial score (nSPS) is 23.4. The Balaban J connectivity index is 2.22. The summed E-state index contributed by atoms with van der Waals surface area (Å²) in [6, 6.07) is 6.28. The van der Waals surface area contributed by atoms with Gasteiger partial charge in [-0.15, -0.1) is 0 Å². The molecule has 21 heavy (non-hydrogen) atoms. The number of benzene rings is 1. The van der Waals surface area contributed by atoms with Crippen LogP contribution in [0.4, 0.5) is 5.69 Å². The van der Waals surface area contributed by atoms with E-state index in [9.17, 15) is 0 Å². The SMILES string of the molecule is CC1CN(c2cc(Cl)ccc2CNC(C)(C)C)CC(C)S1. The van der Waals surface area contributed by atoms with Gasteiger partial charge in [0.15, 0.2) is 0 Å². The van der Waals surface area contributed by atoms with Gasteiger partial charge in [0.2, 0.25) is 0 Å². The van der Waals surface area contributed by atoms with Gasteiger partial charge < -0.3 is 10.2 Å². The molecule has 1 aliphatic rings. The monoisotopic (exact) mass is 326 g/mol. The molecule has 1 fully saturated rings. The number of nitrogens with zero attached hydrogens (tertiary/aromatic N) is 1. The van der Waals surface area contributed by atoms with Crippen LogP contribution in [0.2, 0.25) is 5.02 Å². The molecule has 0 aromatic heterocycles. The van der Waals surface area contributed by atoms with Crippen LogP contribution in [0, 0.1) is 0 Å². The first kappa shape index (κ1) is 17.0. The van der Waals surface area contributed by atoms with E-state index in [1.165, 1.54) is 11.3 Å². The van der Waals surface area contributed by atoms with Gasteiger partial charge in [0.1, 0.15) is 0 Å². The highest BCUT2D eigenvalue weighted by molar-refractivity contribution is 8.00. The highest BCUT2D eigenvalue weighted by Gasteiger charge is 2.24. The second-order valence-electron chi connectivity index (χ2n) is 7.04. The molecule has 0 amide bonds. The lowest BCUT2D eigenvalue weighted by atomic mass is 10.1. The van der Waals surface area contributed by atoms with E-state index >= 15 is 0 Å². The lowest BCUT2D eigenvalue weighted by molar-refractivity contribution is 0.424. The fourth-order valence-electron chi connectivity index (χ4n) is 2.72. The summed E-state index contributed by atoms with van der Waals surface area (Å²) in [4.78, 5) is 2.50. The topological polar surface area (TPSA) is 15.3 Å². The van der Waals surface area contributed by atoms with Gasteiger partial charge in [-0.3, -0.25) is 0 Å². The lowest BCUT2D eigenvalue weighted by Gasteiger charge is -2.37. The first-order valence-electron chi connectivity index (χ1n) is 7.68. The summed E-state index contributed by atoms with van der Waals surface area (Å²) in [7, 11) is 0. The Morgan fingerprint density at radius 2 is 1.86 bits per heavy atom. The summed E-state index contributed by atoms with van der Waals surface area (Å²) < 4.78 is 0. The molecule has 2 rings (SSSR count). The zero-order valence-electron chi connectivity index (χ0n) is 13.7. The number of halogens is 1. The summed E-state index contributed by atoms with van der Waals surface area (Å²) in [5.41, 5.74) is 2.74. The van der Waals surface area contributed by atoms with Crippen molar-refractivity contribution in [1.82, 2.24) is 5.32 Å². The number of anilines is 1. The Hall–Kier alpha value is -0.380. The zero-order valence-corrected chi connectivity index (χ0v) is 15.3. The Morgan fingerprint density at radius 1 is 1.24 bits per heavy atom. The maximum Gasteiger partial charge on any atom is 0.0427 e. The van der Waals surface area contributed by atoms with Crippen LogP contribution in [-0.4, -0.2) is 29.1 Å². The number of nitrogens with one attached hydrogen (secondary N) is 1. The summed E-state index contributed by atoms with van der Waals surface area (Å²) in [5, 5.41) is 5.73. The van der Waals surface area contributed by atoms with Crippen molar-refractivity contribution >= 4 is 29.1 Å². The standard InChI is InChI=1S/C17H27ClN2S/c1-12-10-20(11-13(2)21-12)16-8-15(18)7-6-14(16)9-19-17(3,4)5/h6-8,12-13,19H,9-11H2,1-5H3. The van der Waals surface area contributed by atoms with Crippen LogP contribution in [0.15, 0.2) is 18.2 Å². The zero-order chi connectivity index (χ0) is 15.6. The third-order valence-electron chi connectivity index (χ3n) is 3.62. The van der Waals surface area contributed by atoms with E-state index in [4.69, 9.17) is 11.6 Å². The third kappa shape index (κ3) is 5.08. The molecule has 1 heterocycles. The predicted octanol–water partition coefficient (Wildman–Crippen LogP) is 4.56. The molecule has 0 spiro atoms. The number of rotatable bonds is 3. The molecule has 0 aliphatic carbocycles. The third-order valence-corrected chi connectivity index (χ3v) is 5.08. The maximum atomic E-state index is 6.25. The molecule has 2 nitrogen and oxygen atoms in total. The van der Waals surface area contributed by atoms with Gasteiger partial charge in [-0.25, -0.2) is 0 Å². The van der Waals surface area contributed by atoms with Crippen molar-refractivity contribution in [3.8, 4) is 0 Å². The molecular weight excluding hydrogens is 300 g/mol. The molecule has 2 atom stereocenters. The molecular formula is C17H27ClN2S. The number of thioether (sulfide) groups is 1. The fraction of sp³-hybridized carbons (Fsp3) is 0.647. The van der Waals surface area contributed by atoms with Crippen molar-refractivity contribution < 1.29 is 0 Å². The highest BCUT2D eigenvalue weighted by Crippen LogP contribution is 2.32. The average Bonchev–Trinajstić information content (AvgIpc) is 2.35. The Bertz CT molecular complexity index is 474. The summed E-state index contributed by atoms with van der Waals surface area (Å²) in [6.07, 6.45) is 0. The van der Waals surface area contributed by atoms with Gasteiger partial charge in [0, 0.05) is 46.4 Å². The van der Waals surface area contributed by atoms with E-state index in [1.54, 1.807) is 0 Å². The van der Waals surface area contributed by atoms with E-state index in [1.807, 2.05) is 6.07 Å². The van der Waals surface area contributed by atoms with Crippen molar-refractivity contribution in [2.24, 2.45) is 0 Å². The van der Waals surface area contributed by atoms with Crippen molar-refractivity contribution in [1.29, 1.82) is 0 Å². The van der Waals surface area contributed by atoms with Crippen molar-refractivity contribution in [3.05, 3.63) is 28.8 Å². The van der Waals surface area contributed by atoms with Crippen LogP contribution in [0.5, 0.6) is 0 Å². The second-order valence-corrected chi connectivity index (χ2v) is 9.36. The lowest BCUT2D eigenvalue weighted by Crippen LogP contribution is -2.41. The van der Waals surface area contributed by atoms with Gasteiger partial charge >= 0.3 is 0 Å². The fourth-order valence-corrected chi connectivity index (χ4v) is 4.21. The molecule has 1 aliphatic heterocycles. The smallest absolute Gasteiger partial charge is 0.0427 e. The van der Waals surface area contributed by atoms with Crippen LogP contribution < -0.4 is 10.2 Å². The van der Waals surface area contributed by atoms with E-state index in [2.05, 4.69) is 68.7 Å². The maximum absolute atomic E-state index is 6.25. The minimum Gasteiger partial charge on any atom is -0.369 e. The van der Waals surface area contributed by atoms with Crippen LogP contribution in [-0.2, 0) is 6.54 Å². The van der Waals surface area contributed by atoms with Gasteiger partial charge in [-0.2, -0.15) is 11.8 Å². The van der Waals surface area contributed by atoms with Gasteiger partial charge in [-0.1, -0.05) is 31.5 Å². The number of hydrogen-bond acceptors (Lipinski definition) is 3. The molecule has 1 N–H and O–H groups in total. The van der Waals surface area contributed by atoms with Crippen molar-refractivity contribution in [3.63, 3.8) is 0 Å². The quantitative estimate of drug-likeness (QED) is 0.876. The van der Waals surface area contributed by atoms with Crippen LogP contribution in [0.1, 0.15) is 40.2 Å². The summed E-state index contributed by atoms with van der Waals surface area (Å²) in [5.74, 6) is 0. The molecule has 0 saturated carbocycles. The van der Waals surface area contributed by atoms with Gasteiger partial charge in [0.25, 0.3) is 0 Å². The van der Waals surface area contributed by atoms with E-state index in [-0.39, 0.29) is 5.54 Å². The Labute approximate surface area is 138 Å². The summed E-state index contributed by atoms with van der Waals surface area (Å²) >= 11 is 8.32. The Morgan fingerprint density at radius 3 is 2.43 bits per heavy atom. The van der Waals surface area contributed by atoms with E-state index in [0.717, 1.165) is 24.7 Å². The molecule has 4 heteroatoms. The molecule has 2 unspecified atom stereocenters. The number of hydrogen-bond donors (Lipinski definition) is 1. The molecule has 1 saturated heterocycles. The van der Waals surface area contributed by atoms with Crippen molar-refractivity contribution in [2.75, 3.05) is 18.0 Å². The molecule has 0 radical (unpaired) electrons. The van der Waals surface area contributed by atoms with Crippen molar-refractivity contribution in [2.45, 2.75) is 57.2 Å². The van der Waals surface area contributed by atoms with Crippen LogP contribution in [0.25, 0.3) is 0 Å². The largest absolute Gasteiger partial charge is 0.369 e. The predicted molar refractivity (Wildman–Crippen MR) is 96.8 cm³/mol. The van der Waals surface area contributed by atoms with E-state index < -0.39 is 0 Å². The van der Waals surface area contributed by atoms with Gasteiger partial charge in [0.05, 0.1) is 0 Å². The first-order valence-corrected chi connectivity index (χ1v) is 9.00. The minimum absolute atomic E-state index is 0.120. The minimum atomic E-state index is 0.120. The molecule has 0 bridgehead atoms. The molecule has 1 aromatic carbocycles. The molecule has 1 aromatic rings. The average molecular weight is 327 g/mol. The van der Waals surface area contributed by atoms with Crippen LogP contribution >= 0.6 is 23.4 Å². The second kappa shape index (κ2) is 6.80. The molecule has 118 valence electrons. The van der Waals surface area contributed by atoms with Gasteiger partial charge in [-0.05, 0) is 38.5 Å². The summed E-state index contributed by atoms with van der Waals surface area (Å²) in [6.45, 7) is 14.3. The van der Waals surface area contributed by atoms with Crippen LogP contribution in [0.3, 0.4) is 0 Å². The first-order chi connectivity index (χ1) is 9.74. The van der Waals surface area contributed by atoms with E-state index in [0.29, 0.717) is 10.5 Å².